The number of nitrogens with one attached hydrogen (secondary N) is 1. The van der Waals surface area contributed by atoms with Crippen molar-refractivity contribution in [3.05, 3.63) is 30.1 Å². The molecule has 0 aromatic carbocycles. The van der Waals surface area contributed by atoms with Crippen LogP contribution in [0.25, 0.3) is 0 Å². The van der Waals surface area contributed by atoms with Crippen LogP contribution in [0.4, 0.5) is 0 Å². The number of aromatic nitrogens is 2. The topological polar surface area (TPSA) is 133 Å². The van der Waals surface area contributed by atoms with Gasteiger partial charge >= 0.3 is 17.9 Å². The molecule has 0 bridgehead atoms. The van der Waals surface area contributed by atoms with Gasteiger partial charge in [0.25, 0.3) is 0 Å². The number of nitrogens with zero attached hydrogens (tertiary/aromatic N) is 2. The molecule has 0 aliphatic heterocycles. The van der Waals surface area contributed by atoms with Gasteiger partial charge in [0.2, 0.25) is 0 Å². The quantitative estimate of drug-likeness (QED) is 0.568. The summed E-state index contributed by atoms with van der Waals surface area (Å²) in [7, 11) is 0. The second-order valence-electron chi connectivity index (χ2n) is 5.56. The van der Waals surface area contributed by atoms with E-state index in [2.05, 4.69) is 28.8 Å². The molecule has 4 N–H and O–H groups in total. The first-order chi connectivity index (χ1) is 11.3. The maximum atomic E-state index is 9.64. The highest BCUT2D eigenvalue weighted by Gasteiger charge is 2.20. The maximum absolute atomic E-state index is 9.64. The van der Waals surface area contributed by atoms with Gasteiger partial charge < -0.3 is 20.6 Å². The lowest BCUT2D eigenvalue weighted by Crippen LogP contribution is -2.39. The van der Waals surface area contributed by atoms with Crippen molar-refractivity contribution in [1.82, 2.24) is 15.3 Å². The van der Waals surface area contributed by atoms with Gasteiger partial charge in [-0.3, -0.25) is 9.59 Å². The van der Waals surface area contributed by atoms with E-state index in [0.717, 1.165) is 30.5 Å². The van der Waals surface area contributed by atoms with Crippen molar-refractivity contribution >= 4 is 11.9 Å². The molecule has 2 rings (SSSR count). The second-order valence-corrected chi connectivity index (χ2v) is 5.56. The standard InChI is InChI=1S/C12H17N3O.C4H6O4/c1-3-8(2)14-10-4-5-11-9(6-10)7-13-12(16)15-11;5-3(6)1-2-4(7)8/h3,7-8,10,14H,1,4-6H2,2H3,(H,13,15,16);1-2H2,(H,5,6)(H,7,8). The molecule has 1 aliphatic carbocycles. The van der Waals surface area contributed by atoms with Crippen LogP contribution in [-0.4, -0.2) is 49.3 Å². The number of aliphatic carboxylic acids is 2. The predicted octanol–water partition coefficient (Wildman–Crippen LogP) is 1.14. The summed E-state index contributed by atoms with van der Waals surface area (Å²) in [5.74, 6) is -2.15. The zero-order valence-corrected chi connectivity index (χ0v) is 13.6. The van der Waals surface area contributed by atoms with Gasteiger partial charge in [-0.1, -0.05) is 6.08 Å². The minimum atomic E-state index is -1.08. The van der Waals surface area contributed by atoms with Crippen LogP contribution in [0.5, 0.6) is 6.01 Å². The van der Waals surface area contributed by atoms with Crippen molar-refractivity contribution in [2.45, 2.75) is 51.1 Å². The molecule has 8 nitrogen and oxygen atoms in total. The summed E-state index contributed by atoms with van der Waals surface area (Å²) in [5, 5.41) is 28.5. The monoisotopic (exact) mass is 337 g/mol. The van der Waals surface area contributed by atoms with Crippen LogP contribution in [0.1, 0.15) is 37.4 Å². The number of rotatable bonds is 6. The van der Waals surface area contributed by atoms with Gasteiger partial charge in [0, 0.05) is 18.3 Å². The zero-order chi connectivity index (χ0) is 18.1. The Morgan fingerprint density at radius 1 is 1.42 bits per heavy atom. The fourth-order valence-electron chi connectivity index (χ4n) is 2.29. The minimum Gasteiger partial charge on any atom is -0.481 e. The van der Waals surface area contributed by atoms with Crippen molar-refractivity contribution in [1.29, 1.82) is 0 Å². The van der Waals surface area contributed by atoms with E-state index < -0.39 is 11.9 Å². The molecular weight excluding hydrogens is 314 g/mol. The Morgan fingerprint density at radius 3 is 2.58 bits per heavy atom. The summed E-state index contributed by atoms with van der Waals surface area (Å²) in [6, 6.07) is 0.655. The van der Waals surface area contributed by atoms with Crippen LogP contribution in [0.3, 0.4) is 0 Å². The smallest absolute Gasteiger partial charge is 0.314 e. The number of aromatic hydroxyl groups is 1. The molecule has 0 spiro atoms. The minimum absolute atomic E-state index is 0.121. The molecule has 2 unspecified atom stereocenters. The molecule has 24 heavy (non-hydrogen) atoms. The second kappa shape index (κ2) is 9.61. The molecular formula is C16H23N3O5. The van der Waals surface area contributed by atoms with E-state index in [1.165, 1.54) is 0 Å². The van der Waals surface area contributed by atoms with Crippen molar-refractivity contribution in [3.8, 4) is 6.01 Å². The highest BCUT2D eigenvalue weighted by atomic mass is 16.4. The maximum Gasteiger partial charge on any atom is 0.314 e. The largest absolute Gasteiger partial charge is 0.481 e. The summed E-state index contributed by atoms with van der Waals surface area (Å²) >= 11 is 0. The number of hydrogen-bond donors (Lipinski definition) is 4. The average Bonchev–Trinajstić information content (AvgIpc) is 2.53. The Morgan fingerprint density at radius 2 is 2.04 bits per heavy atom. The summed E-state index contributed by atoms with van der Waals surface area (Å²) in [4.78, 5) is 27.1. The summed E-state index contributed by atoms with van der Waals surface area (Å²) in [6.07, 6.45) is 5.90. The van der Waals surface area contributed by atoms with Crippen molar-refractivity contribution in [2.75, 3.05) is 0 Å². The average molecular weight is 337 g/mol. The number of carboxylic acid groups (broad SMARTS) is 2. The first-order valence-electron chi connectivity index (χ1n) is 7.67. The number of hydrogen-bond acceptors (Lipinski definition) is 6. The molecule has 0 fully saturated rings. The predicted molar refractivity (Wildman–Crippen MR) is 86.8 cm³/mol. The van der Waals surface area contributed by atoms with Crippen LogP contribution < -0.4 is 5.32 Å². The van der Waals surface area contributed by atoms with E-state index in [4.69, 9.17) is 10.2 Å². The molecule has 1 heterocycles. The molecule has 1 aliphatic rings. The van der Waals surface area contributed by atoms with Crippen molar-refractivity contribution < 1.29 is 24.9 Å². The Kier molecular flexibility index (Phi) is 7.84. The van der Waals surface area contributed by atoms with Crippen LogP contribution in [0.15, 0.2) is 18.9 Å². The lowest BCUT2D eigenvalue weighted by molar-refractivity contribution is -0.143. The Balaban J connectivity index is 0.000000307. The van der Waals surface area contributed by atoms with Crippen LogP contribution >= 0.6 is 0 Å². The summed E-state index contributed by atoms with van der Waals surface area (Å²) in [5.41, 5.74) is 2.12. The van der Waals surface area contributed by atoms with Gasteiger partial charge in [-0.2, -0.15) is 0 Å². The molecule has 0 saturated heterocycles. The fourth-order valence-corrected chi connectivity index (χ4v) is 2.29. The Labute approximate surface area is 140 Å². The molecule has 132 valence electrons. The molecule has 0 amide bonds. The third kappa shape index (κ3) is 7.19. The van der Waals surface area contributed by atoms with Gasteiger partial charge in [0.1, 0.15) is 0 Å². The van der Waals surface area contributed by atoms with Gasteiger partial charge in [0.05, 0.1) is 18.5 Å². The number of carboxylic acids is 2. The van der Waals surface area contributed by atoms with Crippen LogP contribution in [0.2, 0.25) is 0 Å². The normalized spacial score (nSPS) is 17.0. The van der Waals surface area contributed by atoms with Gasteiger partial charge in [-0.15, -0.1) is 6.58 Å². The highest BCUT2D eigenvalue weighted by Crippen LogP contribution is 2.20. The first-order valence-corrected chi connectivity index (χ1v) is 7.67. The third-order valence-corrected chi connectivity index (χ3v) is 3.54. The highest BCUT2D eigenvalue weighted by molar-refractivity contribution is 5.75. The van der Waals surface area contributed by atoms with E-state index in [1.54, 1.807) is 6.20 Å². The molecule has 2 atom stereocenters. The van der Waals surface area contributed by atoms with Gasteiger partial charge in [-0.25, -0.2) is 9.97 Å². The third-order valence-electron chi connectivity index (χ3n) is 3.54. The van der Waals surface area contributed by atoms with Gasteiger partial charge in [-0.05, 0) is 31.7 Å². The van der Waals surface area contributed by atoms with E-state index in [-0.39, 0.29) is 18.9 Å². The fraction of sp³-hybridized carbons (Fsp3) is 0.500. The van der Waals surface area contributed by atoms with Crippen molar-refractivity contribution in [3.63, 3.8) is 0 Å². The van der Waals surface area contributed by atoms with E-state index in [1.807, 2.05) is 6.08 Å². The van der Waals surface area contributed by atoms with Gasteiger partial charge in [0.15, 0.2) is 0 Å². The van der Waals surface area contributed by atoms with Crippen LogP contribution in [-0.2, 0) is 22.4 Å². The summed E-state index contributed by atoms with van der Waals surface area (Å²) in [6.45, 7) is 5.85. The van der Waals surface area contributed by atoms with E-state index in [0.29, 0.717) is 12.1 Å². The van der Waals surface area contributed by atoms with Crippen molar-refractivity contribution in [2.24, 2.45) is 0 Å². The lowest BCUT2D eigenvalue weighted by atomic mass is 9.92. The SMILES string of the molecule is C=CC(C)NC1CCc2nc(O)ncc2C1.O=C(O)CCC(=O)O. The molecule has 1 aromatic heterocycles. The zero-order valence-electron chi connectivity index (χ0n) is 13.6. The number of aryl methyl sites for hydroxylation is 1. The summed E-state index contributed by atoms with van der Waals surface area (Å²) < 4.78 is 0. The Hall–Kier alpha value is -2.48. The number of fused-ring (bicyclic) bond motifs is 1. The molecule has 8 heteroatoms. The molecule has 0 radical (unpaired) electrons. The van der Waals surface area contributed by atoms with E-state index in [9.17, 15) is 14.7 Å². The lowest BCUT2D eigenvalue weighted by Gasteiger charge is -2.26. The Bertz CT molecular complexity index is 577. The molecule has 1 aromatic rings. The first kappa shape index (κ1) is 19.6. The molecule has 0 saturated carbocycles. The van der Waals surface area contributed by atoms with Crippen LogP contribution in [0, 0.1) is 0 Å². The number of carbonyl (C=O) groups is 2. The van der Waals surface area contributed by atoms with E-state index >= 15 is 0 Å².